The number of rotatable bonds is 5. The topological polar surface area (TPSA) is 3.24 Å². The van der Waals surface area contributed by atoms with Crippen LogP contribution in [-0.2, 0) is 10.8 Å². The molecule has 6 aliphatic rings. The molecule has 4 fully saturated rings. The number of anilines is 3. The van der Waals surface area contributed by atoms with Gasteiger partial charge in [-0.05, 0) is 165 Å². The van der Waals surface area contributed by atoms with E-state index in [0.717, 1.165) is 35.0 Å². The highest BCUT2D eigenvalue weighted by atomic mass is 15.1. The van der Waals surface area contributed by atoms with Gasteiger partial charge in [-0.3, -0.25) is 0 Å². The highest BCUT2D eigenvalue weighted by Crippen LogP contribution is 2.69. The minimum absolute atomic E-state index is 0.0734. The maximum atomic E-state index is 2.55. The van der Waals surface area contributed by atoms with Gasteiger partial charge in [-0.25, -0.2) is 0 Å². The van der Waals surface area contributed by atoms with Crippen molar-refractivity contribution >= 4 is 17.1 Å². The van der Waals surface area contributed by atoms with Crippen molar-refractivity contribution in [2.24, 2.45) is 23.7 Å². The standard InChI is InChI=1S/C55H47N/c1-54(2)50-14-8-6-12-46(50)48-26-25-45(34-53(48)54)56(43-21-16-38(17-22-43)37-10-4-3-5-11-37)44-23-18-39(19-24-44)40-20-27-52-49(33-40)47-13-7-9-15-51(47)55(52)41-29-35-28-36(31-41)32-42(55)30-35/h3-27,33-36,41-42H,28-32H2,1-2H3. The zero-order valence-electron chi connectivity index (χ0n) is 32.4. The smallest absolute Gasteiger partial charge is 0.0465 e. The minimum atomic E-state index is -0.0734. The van der Waals surface area contributed by atoms with Gasteiger partial charge in [-0.1, -0.05) is 135 Å². The summed E-state index contributed by atoms with van der Waals surface area (Å²) >= 11 is 0. The Labute approximate surface area is 331 Å². The quantitative estimate of drug-likeness (QED) is 0.171. The molecular formula is C55H47N. The van der Waals surface area contributed by atoms with Crippen molar-refractivity contribution in [2.75, 3.05) is 4.90 Å². The van der Waals surface area contributed by atoms with Gasteiger partial charge in [-0.15, -0.1) is 0 Å². The van der Waals surface area contributed by atoms with Gasteiger partial charge in [0.25, 0.3) is 0 Å². The lowest BCUT2D eigenvalue weighted by Gasteiger charge is -2.61. The zero-order valence-corrected chi connectivity index (χ0v) is 32.4. The number of benzene rings is 7. The molecule has 7 aromatic carbocycles. The van der Waals surface area contributed by atoms with Crippen LogP contribution in [0.3, 0.4) is 0 Å². The summed E-state index contributed by atoms with van der Waals surface area (Å²) < 4.78 is 0. The molecule has 6 aliphatic carbocycles. The fraction of sp³-hybridized carbons (Fsp3) is 0.236. The van der Waals surface area contributed by atoms with Gasteiger partial charge in [0.2, 0.25) is 0 Å². The van der Waals surface area contributed by atoms with E-state index in [1.807, 2.05) is 0 Å². The van der Waals surface area contributed by atoms with Crippen LogP contribution < -0.4 is 4.90 Å². The zero-order chi connectivity index (χ0) is 37.2. The normalized spacial score (nSPS) is 24.1. The molecule has 0 atom stereocenters. The third-order valence-electron chi connectivity index (χ3n) is 15.1. The van der Waals surface area contributed by atoms with E-state index in [1.165, 1.54) is 93.4 Å². The molecule has 0 aliphatic heterocycles. The van der Waals surface area contributed by atoms with Gasteiger partial charge in [0.1, 0.15) is 0 Å². The second-order valence-corrected chi connectivity index (χ2v) is 18.2. The van der Waals surface area contributed by atoms with Crippen molar-refractivity contribution in [3.63, 3.8) is 0 Å². The molecular weight excluding hydrogens is 675 g/mol. The Balaban J connectivity index is 0.941. The first-order valence-corrected chi connectivity index (χ1v) is 21.0. The predicted octanol–water partition coefficient (Wildman–Crippen LogP) is 14.5. The third kappa shape index (κ3) is 4.55. The summed E-state index contributed by atoms with van der Waals surface area (Å²) in [6.45, 7) is 4.74. The Morgan fingerprint density at radius 3 is 1.52 bits per heavy atom. The van der Waals surface area contributed by atoms with Gasteiger partial charge in [0.05, 0.1) is 0 Å². The summed E-state index contributed by atoms with van der Waals surface area (Å²) in [4.78, 5) is 2.44. The first-order chi connectivity index (χ1) is 27.5. The molecule has 0 saturated heterocycles. The van der Waals surface area contributed by atoms with E-state index in [1.54, 1.807) is 11.1 Å². The molecule has 1 heteroatoms. The van der Waals surface area contributed by atoms with Crippen LogP contribution >= 0.6 is 0 Å². The second kappa shape index (κ2) is 11.9. The Morgan fingerprint density at radius 1 is 0.375 bits per heavy atom. The van der Waals surface area contributed by atoms with Crippen molar-refractivity contribution in [1.29, 1.82) is 0 Å². The van der Waals surface area contributed by atoms with E-state index in [0.29, 0.717) is 0 Å². The molecule has 4 bridgehead atoms. The fourth-order valence-corrected chi connectivity index (χ4v) is 12.9. The molecule has 0 radical (unpaired) electrons. The molecule has 272 valence electrons. The van der Waals surface area contributed by atoms with Crippen molar-refractivity contribution in [3.8, 4) is 44.5 Å². The minimum Gasteiger partial charge on any atom is -0.310 e. The van der Waals surface area contributed by atoms with Crippen LogP contribution in [0.5, 0.6) is 0 Å². The highest BCUT2D eigenvalue weighted by molar-refractivity contribution is 5.88. The number of fused-ring (bicyclic) bond motifs is 6. The van der Waals surface area contributed by atoms with Crippen LogP contribution in [0.4, 0.5) is 17.1 Å². The van der Waals surface area contributed by atoms with E-state index in [4.69, 9.17) is 0 Å². The highest BCUT2D eigenvalue weighted by Gasteiger charge is 2.61. The Hall–Kier alpha value is -5.66. The lowest BCUT2D eigenvalue weighted by atomic mass is 9.43. The Morgan fingerprint density at radius 2 is 0.857 bits per heavy atom. The van der Waals surface area contributed by atoms with E-state index in [9.17, 15) is 0 Å². The van der Waals surface area contributed by atoms with Crippen LogP contribution in [0.15, 0.2) is 164 Å². The fourth-order valence-electron chi connectivity index (χ4n) is 12.9. The number of hydrogen-bond donors (Lipinski definition) is 0. The van der Waals surface area contributed by atoms with Crippen LogP contribution in [0.1, 0.15) is 68.2 Å². The molecule has 0 heterocycles. The van der Waals surface area contributed by atoms with E-state index in [2.05, 4.69) is 183 Å². The molecule has 0 N–H and O–H groups in total. The van der Waals surface area contributed by atoms with Crippen LogP contribution in [0.25, 0.3) is 44.5 Å². The maximum absolute atomic E-state index is 2.55. The van der Waals surface area contributed by atoms with E-state index < -0.39 is 0 Å². The summed E-state index contributed by atoms with van der Waals surface area (Å²) in [6, 6.07) is 62.1. The van der Waals surface area contributed by atoms with Gasteiger partial charge >= 0.3 is 0 Å². The molecule has 56 heavy (non-hydrogen) atoms. The van der Waals surface area contributed by atoms with Gasteiger partial charge in [-0.2, -0.15) is 0 Å². The predicted molar refractivity (Wildman–Crippen MR) is 233 cm³/mol. The molecule has 13 rings (SSSR count). The Bertz CT molecular complexity index is 2630. The van der Waals surface area contributed by atoms with Crippen molar-refractivity contribution in [2.45, 2.75) is 56.8 Å². The number of hydrogen-bond acceptors (Lipinski definition) is 1. The lowest BCUT2D eigenvalue weighted by Crippen LogP contribution is -2.55. The second-order valence-electron chi connectivity index (χ2n) is 18.2. The van der Waals surface area contributed by atoms with E-state index >= 15 is 0 Å². The first-order valence-electron chi connectivity index (χ1n) is 21.0. The first kappa shape index (κ1) is 32.6. The molecule has 4 saturated carbocycles. The third-order valence-corrected chi connectivity index (χ3v) is 15.1. The van der Waals surface area contributed by atoms with Gasteiger partial charge in [0, 0.05) is 27.9 Å². The summed E-state index contributed by atoms with van der Waals surface area (Å²) in [5, 5.41) is 0. The van der Waals surface area contributed by atoms with Crippen LogP contribution in [-0.4, -0.2) is 0 Å². The Kier molecular flexibility index (Phi) is 6.93. The average Bonchev–Trinajstić information content (AvgIpc) is 3.66. The molecule has 1 nitrogen and oxygen atoms in total. The van der Waals surface area contributed by atoms with Crippen LogP contribution in [0.2, 0.25) is 0 Å². The van der Waals surface area contributed by atoms with Gasteiger partial charge < -0.3 is 4.90 Å². The van der Waals surface area contributed by atoms with Gasteiger partial charge in [0.15, 0.2) is 0 Å². The maximum Gasteiger partial charge on any atom is 0.0465 e. The lowest BCUT2D eigenvalue weighted by molar-refractivity contribution is -0.0399. The summed E-state index contributed by atoms with van der Waals surface area (Å²) in [5.41, 5.74) is 20.4. The van der Waals surface area contributed by atoms with Crippen molar-refractivity contribution in [1.82, 2.24) is 0 Å². The number of nitrogens with zero attached hydrogens (tertiary/aromatic N) is 1. The summed E-state index contributed by atoms with van der Waals surface area (Å²) in [7, 11) is 0. The molecule has 0 aromatic heterocycles. The van der Waals surface area contributed by atoms with E-state index in [-0.39, 0.29) is 10.8 Å². The summed E-state index contributed by atoms with van der Waals surface area (Å²) in [6.07, 6.45) is 7.17. The largest absolute Gasteiger partial charge is 0.310 e. The molecule has 1 spiro atoms. The SMILES string of the molecule is CC1(C)c2ccccc2-c2ccc(N(c3ccc(-c4ccccc4)cc3)c3ccc(-c4ccc5c(c4)-c4ccccc4C54C5CC6CC(C5)CC4C6)cc3)cc21. The van der Waals surface area contributed by atoms with Crippen LogP contribution in [0, 0.1) is 23.7 Å². The van der Waals surface area contributed by atoms with Crippen molar-refractivity contribution in [3.05, 3.63) is 186 Å². The summed E-state index contributed by atoms with van der Waals surface area (Å²) in [5.74, 6) is 3.49. The monoisotopic (exact) mass is 721 g/mol. The molecule has 0 amide bonds. The average molecular weight is 722 g/mol. The molecule has 0 unspecified atom stereocenters. The molecule has 7 aromatic rings. The van der Waals surface area contributed by atoms with Crippen molar-refractivity contribution < 1.29 is 0 Å².